The van der Waals surface area contributed by atoms with Crippen LogP contribution in [0.5, 0.6) is 11.5 Å². The Morgan fingerprint density at radius 3 is 2.15 bits per heavy atom. The van der Waals surface area contributed by atoms with Gasteiger partial charge in [-0.15, -0.1) is 0 Å². The number of nitrogens with zero attached hydrogens (tertiary/aromatic N) is 1. The van der Waals surface area contributed by atoms with Crippen molar-refractivity contribution in [3.63, 3.8) is 0 Å². The molecular weight excluding hydrogens is 248 g/mol. The third-order valence-electron chi connectivity index (χ3n) is 3.14. The number of aromatic amines is 1. The topological polar surface area (TPSA) is 37.9 Å². The molecule has 2 aromatic carbocycles. The van der Waals surface area contributed by atoms with E-state index in [4.69, 9.17) is 4.74 Å². The SMILES string of the molecule is Cc1ccc(Oc2ccc(Cc3cn[nH]c3)cc2)cc1. The molecule has 0 saturated heterocycles. The molecule has 20 heavy (non-hydrogen) atoms. The number of nitrogens with one attached hydrogen (secondary N) is 1. The molecule has 0 atom stereocenters. The molecular formula is C17H16N2O. The molecule has 0 spiro atoms. The molecule has 100 valence electrons. The van der Waals surface area contributed by atoms with Crippen LogP contribution < -0.4 is 4.74 Å². The summed E-state index contributed by atoms with van der Waals surface area (Å²) in [5.74, 6) is 1.71. The molecule has 3 nitrogen and oxygen atoms in total. The number of aromatic nitrogens is 2. The number of benzene rings is 2. The summed E-state index contributed by atoms with van der Waals surface area (Å²) in [6, 6.07) is 16.2. The van der Waals surface area contributed by atoms with Crippen LogP contribution in [0.15, 0.2) is 60.9 Å². The lowest BCUT2D eigenvalue weighted by Crippen LogP contribution is -1.88. The van der Waals surface area contributed by atoms with Gasteiger partial charge >= 0.3 is 0 Å². The van der Waals surface area contributed by atoms with Crippen LogP contribution in [0.25, 0.3) is 0 Å². The first-order valence-electron chi connectivity index (χ1n) is 6.61. The first-order chi connectivity index (χ1) is 9.79. The van der Waals surface area contributed by atoms with Gasteiger partial charge in [-0.1, -0.05) is 29.8 Å². The van der Waals surface area contributed by atoms with Crippen molar-refractivity contribution in [3.8, 4) is 11.5 Å². The van der Waals surface area contributed by atoms with Gasteiger partial charge in [0.2, 0.25) is 0 Å². The van der Waals surface area contributed by atoms with E-state index in [0.29, 0.717) is 0 Å². The largest absolute Gasteiger partial charge is 0.457 e. The highest BCUT2D eigenvalue weighted by atomic mass is 16.5. The molecule has 3 rings (SSSR count). The van der Waals surface area contributed by atoms with Crippen molar-refractivity contribution in [1.29, 1.82) is 0 Å². The zero-order valence-electron chi connectivity index (χ0n) is 11.3. The Hall–Kier alpha value is -2.55. The van der Waals surface area contributed by atoms with Gasteiger partial charge in [0.25, 0.3) is 0 Å². The number of aryl methyl sites for hydroxylation is 1. The molecule has 0 aliphatic heterocycles. The average molecular weight is 264 g/mol. The maximum absolute atomic E-state index is 5.81. The van der Waals surface area contributed by atoms with Gasteiger partial charge in [-0.25, -0.2) is 0 Å². The van der Waals surface area contributed by atoms with Crippen LogP contribution in [-0.4, -0.2) is 10.2 Å². The third-order valence-corrected chi connectivity index (χ3v) is 3.14. The van der Waals surface area contributed by atoms with Gasteiger partial charge < -0.3 is 4.74 Å². The Bertz CT molecular complexity index is 655. The molecule has 0 radical (unpaired) electrons. The van der Waals surface area contributed by atoms with Gasteiger partial charge in [0.15, 0.2) is 0 Å². The fourth-order valence-electron chi connectivity index (χ4n) is 2.03. The van der Waals surface area contributed by atoms with Crippen molar-refractivity contribution in [2.75, 3.05) is 0 Å². The van der Waals surface area contributed by atoms with Gasteiger partial charge in [0, 0.05) is 12.6 Å². The second kappa shape index (κ2) is 5.61. The van der Waals surface area contributed by atoms with E-state index >= 15 is 0 Å². The molecule has 3 aromatic rings. The van der Waals surface area contributed by atoms with Crippen LogP contribution in [-0.2, 0) is 6.42 Å². The summed E-state index contributed by atoms with van der Waals surface area (Å²) >= 11 is 0. The number of ether oxygens (including phenoxy) is 1. The quantitative estimate of drug-likeness (QED) is 0.770. The summed E-state index contributed by atoms with van der Waals surface area (Å²) in [5.41, 5.74) is 3.65. The first-order valence-corrected chi connectivity index (χ1v) is 6.61. The zero-order valence-corrected chi connectivity index (χ0v) is 11.3. The van der Waals surface area contributed by atoms with Crippen LogP contribution in [0.3, 0.4) is 0 Å². The second-order valence-electron chi connectivity index (χ2n) is 4.84. The number of rotatable bonds is 4. The molecule has 3 heteroatoms. The van der Waals surface area contributed by atoms with E-state index in [1.807, 2.05) is 48.8 Å². The highest BCUT2D eigenvalue weighted by Gasteiger charge is 2.00. The van der Waals surface area contributed by atoms with Gasteiger partial charge in [0.1, 0.15) is 11.5 Å². The molecule has 0 saturated carbocycles. The Morgan fingerprint density at radius 2 is 1.55 bits per heavy atom. The van der Waals surface area contributed by atoms with Crippen molar-refractivity contribution in [3.05, 3.63) is 77.6 Å². The standard InChI is InChI=1S/C17H16N2O/c1-13-2-6-16(7-3-13)20-17-8-4-14(5-9-17)10-15-11-18-19-12-15/h2-9,11-12H,10H2,1H3,(H,18,19). The molecule has 1 N–H and O–H groups in total. The molecule has 0 amide bonds. The smallest absolute Gasteiger partial charge is 0.127 e. The number of hydrogen-bond donors (Lipinski definition) is 1. The fourth-order valence-corrected chi connectivity index (χ4v) is 2.03. The van der Waals surface area contributed by atoms with E-state index in [0.717, 1.165) is 17.9 Å². The summed E-state index contributed by atoms with van der Waals surface area (Å²) in [6.45, 7) is 2.06. The fraction of sp³-hybridized carbons (Fsp3) is 0.118. The molecule has 0 bridgehead atoms. The van der Waals surface area contributed by atoms with Gasteiger partial charge in [0.05, 0.1) is 6.20 Å². The van der Waals surface area contributed by atoms with Crippen molar-refractivity contribution < 1.29 is 4.74 Å². The van der Waals surface area contributed by atoms with Crippen LogP contribution in [0.1, 0.15) is 16.7 Å². The second-order valence-corrected chi connectivity index (χ2v) is 4.84. The van der Waals surface area contributed by atoms with E-state index in [9.17, 15) is 0 Å². The minimum Gasteiger partial charge on any atom is -0.457 e. The van der Waals surface area contributed by atoms with E-state index < -0.39 is 0 Å². The monoisotopic (exact) mass is 264 g/mol. The van der Waals surface area contributed by atoms with Crippen molar-refractivity contribution >= 4 is 0 Å². The van der Waals surface area contributed by atoms with E-state index in [2.05, 4.69) is 29.3 Å². The van der Waals surface area contributed by atoms with Crippen molar-refractivity contribution in [2.24, 2.45) is 0 Å². The molecule has 0 fully saturated rings. The maximum Gasteiger partial charge on any atom is 0.127 e. The van der Waals surface area contributed by atoms with E-state index in [1.165, 1.54) is 16.7 Å². The summed E-state index contributed by atoms with van der Waals surface area (Å²) in [5, 5.41) is 6.77. The summed E-state index contributed by atoms with van der Waals surface area (Å²) in [6.07, 6.45) is 4.63. The zero-order chi connectivity index (χ0) is 13.8. The molecule has 0 unspecified atom stereocenters. The Labute approximate surface area is 118 Å². The highest BCUT2D eigenvalue weighted by molar-refractivity contribution is 5.35. The normalized spacial score (nSPS) is 10.4. The summed E-state index contributed by atoms with van der Waals surface area (Å²) in [4.78, 5) is 0. The molecule has 1 aromatic heterocycles. The van der Waals surface area contributed by atoms with Crippen LogP contribution in [0.2, 0.25) is 0 Å². The first kappa shape index (κ1) is 12.5. The van der Waals surface area contributed by atoms with E-state index in [1.54, 1.807) is 0 Å². The minimum absolute atomic E-state index is 0.852. The number of H-pyrrole nitrogens is 1. The Morgan fingerprint density at radius 1 is 0.900 bits per heavy atom. The molecule has 0 aliphatic rings. The summed E-state index contributed by atoms with van der Waals surface area (Å²) < 4.78 is 5.81. The lowest BCUT2D eigenvalue weighted by Gasteiger charge is -2.07. The maximum atomic E-state index is 5.81. The average Bonchev–Trinajstić information content (AvgIpc) is 2.96. The lowest BCUT2D eigenvalue weighted by molar-refractivity contribution is 0.482. The highest BCUT2D eigenvalue weighted by Crippen LogP contribution is 2.22. The van der Waals surface area contributed by atoms with Crippen molar-refractivity contribution in [1.82, 2.24) is 10.2 Å². The lowest BCUT2D eigenvalue weighted by atomic mass is 10.1. The number of hydrogen-bond acceptors (Lipinski definition) is 2. The predicted octanol–water partition coefficient (Wildman–Crippen LogP) is 4.10. The Balaban J connectivity index is 1.68. The van der Waals surface area contributed by atoms with Crippen LogP contribution in [0.4, 0.5) is 0 Å². The molecule has 1 heterocycles. The van der Waals surface area contributed by atoms with Crippen LogP contribution >= 0.6 is 0 Å². The van der Waals surface area contributed by atoms with Gasteiger partial charge in [-0.05, 0) is 42.3 Å². The Kier molecular flexibility index (Phi) is 3.50. The summed E-state index contributed by atoms with van der Waals surface area (Å²) in [7, 11) is 0. The van der Waals surface area contributed by atoms with E-state index in [-0.39, 0.29) is 0 Å². The van der Waals surface area contributed by atoms with Crippen LogP contribution in [0, 0.1) is 6.92 Å². The third kappa shape index (κ3) is 3.06. The minimum atomic E-state index is 0.852. The van der Waals surface area contributed by atoms with Gasteiger partial charge in [-0.3, -0.25) is 5.10 Å². The van der Waals surface area contributed by atoms with Crippen molar-refractivity contribution in [2.45, 2.75) is 13.3 Å². The molecule has 0 aliphatic carbocycles. The predicted molar refractivity (Wildman–Crippen MR) is 79.1 cm³/mol. The van der Waals surface area contributed by atoms with Gasteiger partial charge in [-0.2, -0.15) is 5.10 Å².